The third kappa shape index (κ3) is 11.3. The Morgan fingerprint density at radius 1 is 0.462 bits per heavy atom. The van der Waals surface area contributed by atoms with Crippen LogP contribution >= 0.6 is 0 Å². The number of hydrogen-bond donors (Lipinski definition) is 0. The Labute approximate surface area is 355 Å². The van der Waals surface area contributed by atoms with E-state index >= 15 is 0 Å². The van der Waals surface area contributed by atoms with Gasteiger partial charge in [0.25, 0.3) is 0 Å². The molecule has 0 unspecified atom stereocenters. The van der Waals surface area contributed by atoms with E-state index in [1.807, 2.05) is 6.92 Å². The summed E-state index contributed by atoms with van der Waals surface area (Å²) < 4.78 is 210. The molecule has 0 atom stereocenters. The molecule has 3 aromatic carbocycles. The van der Waals surface area contributed by atoms with E-state index in [2.05, 4.69) is 46.6 Å². The summed E-state index contributed by atoms with van der Waals surface area (Å²) in [7, 11) is 0. The molecule has 3 aromatic heterocycles. The first-order valence-corrected chi connectivity index (χ1v) is 18.1. The van der Waals surface area contributed by atoms with E-state index in [4.69, 9.17) is 14.2 Å². The Bertz CT molecular complexity index is 2450. The smallest absolute Gasteiger partial charge is 0.461 e. The van der Waals surface area contributed by atoms with Crippen LogP contribution in [0.3, 0.4) is 0 Å². The van der Waals surface area contributed by atoms with Crippen molar-refractivity contribution >= 4 is 0 Å². The second-order valence-electron chi connectivity index (χ2n) is 12.8. The minimum absolute atomic E-state index is 0.0871. The first-order valence-electron chi connectivity index (χ1n) is 18.1. The fraction of sp³-hybridized carbons (Fsp3) is 0.400. The molecule has 65 heavy (non-hydrogen) atoms. The molecule has 0 amide bonds. The van der Waals surface area contributed by atoms with Crippen molar-refractivity contribution in [2.75, 3.05) is 13.2 Å². The normalized spacial score (nSPS) is 12.6. The Kier molecular flexibility index (Phi) is 15.6. The van der Waals surface area contributed by atoms with E-state index in [1.54, 1.807) is 39.0 Å². The molecule has 0 radical (unpaired) electrons. The van der Waals surface area contributed by atoms with Gasteiger partial charge in [0, 0.05) is 0 Å². The van der Waals surface area contributed by atoms with Crippen LogP contribution in [0.25, 0.3) is 17.1 Å². The van der Waals surface area contributed by atoms with Crippen molar-refractivity contribution in [1.29, 1.82) is 0 Å². The molecule has 0 spiro atoms. The Morgan fingerprint density at radius 2 is 0.769 bits per heavy atom. The zero-order chi connectivity index (χ0) is 48.6. The van der Waals surface area contributed by atoms with Crippen molar-refractivity contribution in [2.24, 2.45) is 0 Å². The molecule has 0 saturated carbocycles. The number of rotatable bonds is 13. The van der Waals surface area contributed by atoms with E-state index < -0.39 is 53.8 Å². The second-order valence-corrected chi connectivity index (χ2v) is 12.8. The maximum atomic E-state index is 13.5. The van der Waals surface area contributed by atoms with E-state index in [9.17, 15) is 65.9 Å². The fourth-order valence-corrected chi connectivity index (χ4v) is 4.88. The van der Waals surface area contributed by atoms with Crippen molar-refractivity contribution in [2.45, 2.75) is 76.5 Å². The second kappa shape index (κ2) is 19.9. The molecule has 0 fully saturated rings. The minimum Gasteiger partial charge on any atom is -0.492 e. The number of ether oxygens (including phenoxy) is 3. The lowest BCUT2D eigenvalue weighted by Crippen LogP contribution is -2.36. The number of halogens is 15. The molecule has 354 valence electrons. The first-order chi connectivity index (χ1) is 30.2. The largest absolute Gasteiger partial charge is 0.492 e. The summed E-state index contributed by atoms with van der Waals surface area (Å²) in [5.74, 6) is -20.1. The molecule has 0 bridgehead atoms. The van der Waals surface area contributed by atoms with Crippen molar-refractivity contribution in [3.63, 3.8) is 0 Å². The van der Waals surface area contributed by atoms with Gasteiger partial charge in [-0.1, -0.05) is 43.3 Å². The number of tetrazole rings is 3. The van der Waals surface area contributed by atoms with Crippen LogP contribution in [0.1, 0.15) is 51.6 Å². The van der Waals surface area contributed by atoms with E-state index in [-0.39, 0.29) is 53.6 Å². The van der Waals surface area contributed by atoms with Crippen LogP contribution in [0.2, 0.25) is 0 Å². The van der Waals surface area contributed by atoms with Gasteiger partial charge in [-0.2, -0.15) is 79.9 Å². The predicted molar refractivity (Wildman–Crippen MR) is 190 cm³/mol. The van der Waals surface area contributed by atoms with Gasteiger partial charge < -0.3 is 14.2 Å². The minimum atomic E-state index is -5.81. The van der Waals surface area contributed by atoms with Crippen LogP contribution in [-0.2, 0) is 17.8 Å². The van der Waals surface area contributed by atoms with Crippen LogP contribution in [0, 0.1) is 0 Å². The maximum Gasteiger partial charge on any atom is 0.461 e. The van der Waals surface area contributed by atoms with Gasteiger partial charge in [0.2, 0.25) is 17.5 Å². The monoisotopic (exact) mass is 952 g/mol. The predicted octanol–water partition coefficient (Wildman–Crippen LogP) is 8.92. The number of benzene rings is 3. The number of alkyl halides is 15. The number of nitrogens with zero attached hydrogens (tertiary/aromatic N) is 12. The Morgan fingerprint density at radius 3 is 1.08 bits per heavy atom. The lowest BCUT2D eigenvalue weighted by atomic mass is 10.2. The molecular formula is C35H31F15N12O3. The third-order valence-corrected chi connectivity index (χ3v) is 7.72. The van der Waals surface area contributed by atoms with Gasteiger partial charge in [0.1, 0.15) is 34.3 Å². The topological polar surface area (TPSA) is 158 Å². The van der Waals surface area contributed by atoms with Crippen molar-refractivity contribution < 1.29 is 80.1 Å². The Balaban J connectivity index is 0.000000213. The molecule has 6 aromatic rings. The number of para-hydroxylation sites is 6. The van der Waals surface area contributed by atoms with Crippen LogP contribution in [0.4, 0.5) is 65.9 Å². The zero-order valence-corrected chi connectivity index (χ0v) is 33.4. The first kappa shape index (κ1) is 50.9. The molecular weight excluding hydrogens is 921 g/mol. The summed E-state index contributed by atoms with van der Waals surface area (Å²) in [5.41, 5.74) is -0.316. The standard InChI is InChI=1S/2C12H11F5N4O.C11H9F5N4O/c1-7(2)22-9-6-4-3-5-8(9)21-10(18-19-20-21)11(13,14)12(15,16)17;1-2-7-22-9-6-4-3-5-8(9)21-10(18-19-20-21)11(13,14)12(15,16)17;1-2-21-8-6-4-3-5-7(8)20-9(17-18-19-20)10(12,13)11(14,15)16/h3-7H,1-2H3;3-6H,2,7H2,1H3;3-6H,2H2,1H3. The summed E-state index contributed by atoms with van der Waals surface area (Å²) in [6.45, 7) is 7.29. The third-order valence-electron chi connectivity index (χ3n) is 7.72. The van der Waals surface area contributed by atoms with Gasteiger partial charge in [-0.05, 0) is 94.9 Å². The van der Waals surface area contributed by atoms with Crippen molar-refractivity contribution in [3.05, 3.63) is 90.3 Å². The number of aromatic nitrogens is 12. The average Bonchev–Trinajstić information content (AvgIpc) is 4.02. The number of hydrogen-bond acceptors (Lipinski definition) is 12. The highest BCUT2D eigenvalue weighted by atomic mass is 19.4. The van der Waals surface area contributed by atoms with E-state index in [1.165, 1.54) is 54.6 Å². The molecule has 0 aliphatic rings. The van der Waals surface area contributed by atoms with Gasteiger partial charge in [-0.25, -0.2) is 0 Å². The molecule has 0 saturated heterocycles. The summed E-state index contributed by atoms with van der Waals surface area (Å²) in [6.07, 6.45) is -17.1. The molecule has 30 heteroatoms. The fourth-order valence-electron chi connectivity index (χ4n) is 4.88. The van der Waals surface area contributed by atoms with Crippen LogP contribution in [0.15, 0.2) is 72.8 Å². The summed E-state index contributed by atoms with van der Waals surface area (Å²) in [5, 5.41) is 26.9. The lowest BCUT2D eigenvalue weighted by molar-refractivity contribution is -0.293. The SMILES string of the molecule is CC(C)Oc1ccccc1-n1nnnc1C(F)(F)C(F)(F)F.CCCOc1ccccc1-n1nnnc1C(F)(F)C(F)(F)F.CCOc1ccccc1-n1nnnc1C(F)(F)C(F)(F)F. The highest BCUT2D eigenvalue weighted by molar-refractivity contribution is 5.48. The zero-order valence-electron chi connectivity index (χ0n) is 33.4. The van der Waals surface area contributed by atoms with Gasteiger partial charge in [-0.3, -0.25) is 0 Å². The van der Waals surface area contributed by atoms with Crippen LogP contribution < -0.4 is 14.2 Å². The summed E-state index contributed by atoms with van der Waals surface area (Å²) >= 11 is 0. The molecule has 0 aliphatic heterocycles. The highest BCUT2D eigenvalue weighted by Crippen LogP contribution is 2.46. The molecule has 6 rings (SSSR count). The lowest BCUT2D eigenvalue weighted by Gasteiger charge is -2.19. The van der Waals surface area contributed by atoms with Crippen LogP contribution in [-0.4, -0.2) is 98.5 Å². The molecule has 15 nitrogen and oxygen atoms in total. The van der Waals surface area contributed by atoms with Gasteiger partial charge in [-0.15, -0.1) is 15.3 Å². The summed E-state index contributed by atoms with van der Waals surface area (Å²) in [6, 6.07) is 17.1. The van der Waals surface area contributed by atoms with Crippen LogP contribution in [0.5, 0.6) is 17.2 Å². The highest BCUT2D eigenvalue weighted by Gasteiger charge is 2.64. The molecule has 0 N–H and O–H groups in total. The molecule has 3 heterocycles. The Hall–Kier alpha value is -6.78. The van der Waals surface area contributed by atoms with E-state index in [0.29, 0.717) is 20.5 Å². The molecule has 0 aliphatic carbocycles. The van der Waals surface area contributed by atoms with Gasteiger partial charge in [0.05, 0.1) is 19.3 Å². The van der Waals surface area contributed by atoms with Crippen molar-refractivity contribution in [1.82, 2.24) is 60.6 Å². The average molecular weight is 953 g/mol. The van der Waals surface area contributed by atoms with E-state index in [0.717, 1.165) is 0 Å². The van der Waals surface area contributed by atoms with Gasteiger partial charge >= 0.3 is 36.3 Å². The quantitative estimate of drug-likeness (QED) is 0.101. The van der Waals surface area contributed by atoms with Crippen molar-refractivity contribution in [3.8, 4) is 34.3 Å². The maximum absolute atomic E-state index is 13.5. The summed E-state index contributed by atoms with van der Waals surface area (Å²) in [4.78, 5) is 0. The van der Waals surface area contributed by atoms with Gasteiger partial charge in [0.15, 0.2) is 0 Å².